The molecule has 0 saturated heterocycles. The van der Waals surface area contributed by atoms with E-state index < -0.39 is 0 Å². The Morgan fingerprint density at radius 1 is 0.474 bits per heavy atom. The predicted octanol–water partition coefficient (Wildman–Crippen LogP) is -9.85. The summed E-state index contributed by atoms with van der Waals surface area (Å²) >= 11 is 4.21. The Balaban J connectivity index is -0.00000000466. The van der Waals surface area contributed by atoms with Gasteiger partial charge < -0.3 is 98.6 Å². The number of hydrogen-bond donors (Lipinski definition) is 0. The first kappa shape index (κ1) is 202. The van der Waals surface area contributed by atoms with Crippen molar-refractivity contribution in [2.24, 2.45) is 0 Å². The standard InChI is InChI=1S/C12H16IN.6Mo.18H2O/c1-7(2)10-5-9(13)6-11(8(3)4)12(10)14;;;;;;;;;;;;;;;;;;;;;;;;/h5-8H,1-4H3;;;;;;;18*1H2/q+1;;;;;;;;;;;;;;;;;;;;;;;;. The first-order valence-electron chi connectivity index (χ1n) is 5.14. The second kappa shape index (κ2) is 106. The molecule has 19 nitrogen and oxygen atoms in total. The normalized spacial score (nSPS) is 4.26. The largest absolute Gasteiger partial charge is 0.412 e. The molecule has 0 spiro atoms. The molecule has 0 fully saturated rings. The molecule has 36 N–H and O–H groups in total. The van der Waals surface area contributed by atoms with E-state index in [0.717, 1.165) is 0 Å². The molecule has 0 amide bonds. The minimum atomic E-state index is 0. The molecule has 0 bridgehead atoms. The van der Waals surface area contributed by atoms with E-state index in [2.05, 4.69) is 65.7 Å². The molecular formula is C12H52IMo6NO18+. The molecule has 26 heteroatoms. The summed E-state index contributed by atoms with van der Waals surface area (Å²) in [5.41, 5.74) is 3.94. The summed E-state index contributed by atoms with van der Waals surface area (Å²) in [7, 11) is 0. The molecule has 38 heavy (non-hydrogen) atoms. The quantitative estimate of drug-likeness (QED) is 0.197. The number of rotatable bonds is 2. The van der Waals surface area contributed by atoms with Crippen molar-refractivity contribution in [3.8, 4) is 0 Å². The van der Waals surface area contributed by atoms with Gasteiger partial charge in [0.1, 0.15) is 0 Å². The molecule has 0 aliphatic heterocycles. The van der Waals surface area contributed by atoms with E-state index in [1.165, 1.54) is 20.4 Å². The predicted molar refractivity (Wildman–Crippen MR) is 135 cm³/mol. The zero-order valence-electron chi connectivity index (χ0n) is 20.6. The van der Waals surface area contributed by atoms with E-state index in [1.54, 1.807) is 0 Å². The Kier molecular flexibility index (Phi) is 561. The van der Waals surface area contributed by atoms with E-state index in [0.29, 0.717) is 11.8 Å². The van der Waals surface area contributed by atoms with Crippen molar-refractivity contribution in [1.82, 2.24) is 0 Å². The summed E-state index contributed by atoms with van der Waals surface area (Å²) < 4.78 is 5.77. The van der Waals surface area contributed by atoms with Crippen LogP contribution >= 0.6 is 22.6 Å². The van der Waals surface area contributed by atoms with Crippen LogP contribution in [-0.4, -0.2) is 98.6 Å². The smallest absolute Gasteiger partial charge is 0 e. The summed E-state index contributed by atoms with van der Waals surface area (Å²) in [4.78, 5) is 0. The number of halogens is 1. The van der Waals surface area contributed by atoms with Crippen LogP contribution in [0, 0.1) is 3.57 Å². The third-order valence-electron chi connectivity index (χ3n) is 2.47. The van der Waals surface area contributed by atoms with E-state index in [9.17, 15) is 0 Å². The Bertz CT molecular complexity index is 426. The van der Waals surface area contributed by atoms with E-state index in [1.807, 2.05) is 19.4 Å². The summed E-state index contributed by atoms with van der Waals surface area (Å²) in [5.74, 6) is 1.08. The molecule has 0 atom stereocenters. The molecule has 0 aliphatic carbocycles. The first-order valence-corrected chi connectivity index (χ1v) is 7.11. The fourth-order valence-electron chi connectivity index (χ4n) is 1.63. The van der Waals surface area contributed by atoms with Gasteiger partial charge >= 0.3 is 117 Å². The van der Waals surface area contributed by atoms with Gasteiger partial charge in [-0.2, -0.15) is 0 Å². The van der Waals surface area contributed by atoms with Gasteiger partial charge in [0.25, 0.3) is 0 Å². The van der Waals surface area contributed by atoms with Gasteiger partial charge in [-0.3, -0.25) is 0 Å². The van der Waals surface area contributed by atoms with Gasteiger partial charge in [-0.25, -0.2) is 0 Å². The number of nitrogens with zero attached hydrogens (tertiary/aromatic N) is 1. The summed E-state index contributed by atoms with van der Waals surface area (Å²) in [6, 6.07) is 4.50. The van der Waals surface area contributed by atoms with Gasteiger partial charge in [0.15, 0.2) is 0 Å². The van der Waals surface area contributed by atoms with Crippen LogP contribution in [0.3, 0.4) is 0 Å². The zero-order chi connectivity index (χ0) is 11.6. The minimum absolute atomic E-state index is 0. The van der Waals surface area contributed by atoms with Crippen LogP contribution in [0.5, 0.6) is 0 Å². The van der Waals surface area contributed by atoms with Gasteiger partial charge in [0.05, 0.1) is 0 Å². The minimum Gasteiger partial charge on any atom is -0.412 e. The maximum absolute atomic E-state index is 4.46. The SMILES string of the molecule is CC(C)c1cc(I)cc(C(C)C)c1[N+]#[Mo].O.O.O.O.O.O.O.O.O.O.O.O.O.O.O.O.O.O.[Mo].[Mo].[Mo].[Mo].[Mo]. The van der Waals surface area contributed by atoms with Crippen molar-refractivity contribution in [3.05, 3.63) is 30.1 Å². The maximum atomic E-state index is 4.46. The zero-order valence-corrected chi connectivity index (χ0v) is 34.8. The Labute approximate surface area is 317 Å². The maximum Gasteiger partial charge on any atom is 0 e. The molecule has 0 heterocycles. The molecule has 0 aromatic heterocycles. The number of benzene rings is 1. The molecule has 1 rings (SSSR count). The second-order valence-electron chi connectivity index (χ2n) is 4.33. The first-order chi connectivity index (χ1) is 6.97. The third kappa shape index (κ3) is 67.0. The molecular weight excluding hydrogens is 1150 g/mol. The fourth-order valence-corrected chi connectivity index (χ4v) is 2.82. The fraction of sp³-hybridized carbons (Fsp3) is 0.500. The van der Waals surface area contributed by atoms with Crippen LogP contribution in [0.2, 0.25) is 0 Å². The third-order valence-corrected chi connectivity index (χ3v) is 3.54. The van der Waals surface area contributed by atoms with Crippen LogP contribution in [0.1, 0.15) is 50.7 Å². The van der Waals surface area contributed by atoms with Gasteiger partial charge in [0, 0.05) is 105 Å². The van der Waals surface area contributed by atoms with Crippen molar-refractivity contribution in [1.29, 1.82) is 0 Å². The van der Waals surface area contributed by atoms with Crippen molar-refractivity contribution >= 4 is 28.3 Å². The number of hydrogen-bond acceptors (Lipinski definition) is 0. The molecule has 0 unspecified atom stereocenters. The summed E-state index contributed by atoms with van der Waals surface area (Å²) in [5, 5.41) is 0. The molecule has 1 aromatic rings. The Hall–Kier alpha value is 3.07. The molecule has 0 radical (unpaired) electrons. The topological polar surface area (TPSA) is 571 Å². The van der Waals surface area contributed by atoms with Crippen molar-refractivity contribution in [3.63, 3.8) is 0 Å². The van der Waals surface area contributed by atoms with Crippen molar-refractivity contribution in [2.45, 2.75) is 39.5 Å². The van der Waals surface area contributed by atoms with E-state index in [4.69, 9.17) is 0 Å². The van der Waals surface area contributed by atoms with Crippen LogP contribution < -0.4 is 0 Å². The molecule has 0 aliphatic rings. The average Bonchev–Trinajstić information content (AvgIpc) is 2.16. The van der Waals surface area contributed by atoms with Crippen LogP contribution in [0.15, 0.2) is 12.1 Å². The molecule has 255 valence electrons. The van der Waals surface area contributed by atoms with Gasteiger partial charge in [-0.1, -0.05) is 0 Å². The van der Waals surface area contributed by atoms with Crippen LogP contribution in [-0.2, 0) is 125 Å². The molecule has 0 saturated carbocycles. The van der Waals surface area contributed by atoms with Gasteiger partial charge in [0.2, 0.25) is 0 Å². The van der Waals surface area contributed by atoms with E-state index >= 15 is 0 Å². The van der Waals surface area contributed by atoms with Crippen LogP contribution in [0.4, 0.5) is 5.69 Å². The van der Waals surface area contributed by atoms with Crippen molar-refractivity contribution in [2.75, 3.05) is 0 Å². The Morgan fingerprint density at radius 3 is 0.737 bits per heavy atom. The van der Waals surface area contributed by atoms with Crippen molar-refractivity contribution < 1.29 is 223 Å². The Morgan fingerprint density at radius 2 is 0.632 bits per heavy atom. The average molecular weight is 1200 g/mol. The van der Waals surface area contributed by atoms with Crippen LogP contribution in [0.25, 0.3) is 3.31 Å². The summed E-state index contributed by atoms with van der Waals surface area (Å²) in [6.07, 6.45) is 0. The monoisotopic (exact) mass is 1210 g/mol. The van der Waals surface area contributed by atoms with E-state index in [-0.39, 0.29) is 204 Å². The molecule has 1 aromatic carbocycles. The van der Waals surface area contributed by atoms with Gasteiger partial charge in [-0.15, -0.1) is 0 Å². The van der Waals surface area contributed by atoms with Gasteiger partial charge in [-0.05, 0) is 0 Å². The summed E-state index contributed by atoms with van der Waals surface area (Å²) in [6.45, 7) is 8.91. The second-order valence-corrected chi connectivity index (χ2v) is 6.03.